The maximum absolute atomic E-state index is 8.53. The first kappa shape index (κ1) is 8.88. The van der Waals surface area contributed by atoms with Gasteiger partial charge in [0.15, 0.2) is 0 Å². The van der Waals surface area contributed by atoms with E-state index < -0.39 is 0 Å². The van der Waals surface area contributed by atoms with E-state index in [-0.39, 0.29) is 13.2 Å². The lowest BCUT2D eigenvalue weighted by atomic mass is 10.4. The predicted octanol–water partition coefficient (Wildman–Crippen LogP) is -0.953. The third-order valence-corrected chi connectivity index (χ3v) is 1.41. The Morgan fingerprint density at radius 3 is 1.56 bits per heavy atom. The summed E-state index contributed by atoms with van der Waals surface area (Å²) >= 11 is 0. The van der Waals surface area contributed by atoms with Crippen LogP contribution in [0.2, 0.25) is 0 Å². The van der Waals surface area contributed by atoms with Gasteiger partial charge in [-0.2, -0.15) is 0 Å². The molecule has 0 unspecified atom stereocenters. The molecule has 3 heteroatoms. The Balaban J connectivity index is 3.43. The highest BCUT2D eigenvalue weighted by molar-refractivity contribution is 4.29. The molecule has 0 aliphatic carbocycles. The molecule has 3 nitrogen and oxygen atoms in total. The smallest absolute Gasteiger partial charge is 0.102 e. The SMILES string of the molecule is C[N+](C)(CCO)CCO. The normalized spacial score (nSPS) is 12.0. The van der Waals surface area contributed by atoms with Crippen molar-refractivity contribution in [2.45, 2.75) is 0 Å². The van der Waals surface area contributed by atoms with Crippen LogP contribution in [-0.4, -0.2) is 55.1 Å². The third-order valence-electron chi connectivity index (χ3n) is 1.41. The van der Waals surface area contributed by atoms with Gasteiger partial charge in [-0.1, -0.05) is 0 Å². The average Bonchev–Trinajstić information content (AvgIpc) is 1.64. The second kappa shape index (κ2) is 3.82. The Morgan fingerprint density at radius 2 is 1.33 bits per heavy atom. The van der Waals surface area contributed by atoms with Crippen molar-refractivity contribution >= 4 is 0 Å². The highest BCUT2D eigenvalue weighted by Gasteiger charge is 2.11. The molecule has 0 heterocycles. The third kappa shape index (κ3) is 4.39. The molecule has 0 amide bonds. The maximum atomic E-state index is 8.53. The molecule has 0 aromatic carbocycles. The summed E-state index contributed by atoms with van der Waals surface area (Å²) in [6.07, 6.45) is 0. The monoisotopic (exact) mass is 134 g/mol. The number of hydrogen-bond donors (Lipinski definition) is 2. The van der Waals surface area contributed by atoms with Gasteiger partial charge in [0, 0.05) is 0 Å². The number of hydrogen-bond acceptors (Lipinski definition) is 2. The Hall–Kier alpha value is -0.120. The minimum atomic E-state index is 0.188. The van der Waals surface area contributed by atoms with Gasteiger partial charge in [0.05, 0.1) is 27.3 Å². The molecule has 56 valence electrons. The van der Waals surface area contributed by atoms with Crippen LogP contribution < -0.4 is 0 Å². The lowest BCUT2D eigenvalue weighted by Crippen LogP contribution is -2.43. The van der Waals surface area contributed by atoms with Crippen LogP contribution in [0.4, 0.5) is 0 Å². The molecule has 9 heavy (non-hydrogen) atoms. The van der Waals surface area contributed by atoms with Gasteiger partial charge in [0.25, 0.3) is 0 Å². The summed E-state index contributed by atoms with van der Waals surface area (Å²) in [6.45, 7) is 1.79. The van der Waals surface area contributed by atoms with Gasteiger partial charge in [-0.25, -0.2) is 0 Å². The van der Waals surface area contributed by atoms with Crippen molar-refractivity contribution in [3.63, 3.8) is 0 Å². The summed E-state index contributed by atoms with van der Waals surface area (Å²) in [5.41, 5.74) is 0. The van der Waals surface area contributed by atoms with Crippen molar-refractivity contribution in [2.75, 3.05) is 40.4 Å². The second-order valence-corrected chi connectivity index (χ2v) is 2.83. The van der Waals surface area contributed by atoms with Gasteiger partial charge in [-0.05, 0) is 0 Å². The predicted molar refractivity (Wildman–Crippen MR) is 36.0 cm³/mol. The largest absolute Gasteiger partial charge is 0.391 e. The van der Waals surface area contributed by atoms with Crippen LogP contribution in [0, 0.1) is 0 Å². The molecule has 0 aliphatic heterocycles. The van der Waals surface area contributed by atoms with Crippen LogP contribution in [0.15, 0.2) is 0 Å². The fraction of sp³-hybridized carbons (Fsp3) is 1.00. The van der Waals surface area contributed by atoms with E-state index >= 15 is 0 Å². The highest BCUT2D eigenvalue weighted by Crippen LogP contribution is 1.92. The van der Waals surface area contributed by atoms with Crippen molar-refractivity contribution in [3.8, 4) is 0 Å². The summed E-state index contributed by atoms with van der Waals surface area (Å²) in [4.78, 5) is 0. The lowest BCUT2D eigenvalue weighted by Gasteiger charge is -2.27. The van der Waals surface area contributed by atoms with E-state index in [4.69, 9.17) is 10.2 Å². The van der Waals surface area contributed by atoms with Crippen molar-refractivity contribution < 1.29 is 14.7 Å². The van der Waals surface area contributed by atoms with Crippen molar-refractivity contribution in [1.82, 2.24) is 0 Å². The average molecular weight is 134 g/mol. The number of nitrogens with zero attached hydrogens (tertiary/aromatic N) is 1. The van der Waals surface area contributed by atoms with E-state index in [1.54, 1.807) is 0 Å². The van der Waals surface area contributed by atoms with Gasteiger partial charge in [0.2, 0.25) is 0 Å². The van der Waals surface area contributed by atoms with Gasteiger partial charge in [-0.15, -0.1) is 0 Å². The molecule has 0 aliphatic rings. The van der Waals surface area contributed by atoms with E-state index in [0.717, 1.165) is 0 Å². The van der Waals surface area contributed by atoms with Gasteiger partial charge >= 0.3 is 0 Å². The number of rotatable bonds is 4. The molecule has 0 spiro atoms. The Morgan fingerprint density at radius 1 is 1.00 bits per heavy atom. The molecule has 0 radical (unpaired) electrons. The minimum Gasteiger partial charge on any atom is -0.391 e. The first-order valence-electron chi connectivity index (χ1n) is 3.16. The van der Waals surface area contributed by atoms with Crippen LogP contribution in [0.5, 0.6) is 0 Å². The molecule has 2 N–H and O–H groups in total. The Labute approximate surface area is 56.1 Å². The summed E-state index contributed by atoms with van der Waals surface area (Å²) in [5.74, 6) is 0. The molecule has 0 aromatic rings. The highest BCUT2D eigenvalue weighted by atomic mass is 16.3. The molecular weight excluding hydrogens is 118 g/mol. The number of aliphatic hydroxyl groups excluding tert-OH is 2. The first-order chi connectivity index (χ1) is 4.12. The fourth-order valence-corrected chi connectivity index (χ4v) is 0.653. The summed E-state index contributed by atoms with van der Waals surface area (Å²) in [5, 5.41) is 17.1. The fourth-order valence-electron chi connectivity index (χ4n) is 0.653. The Kier molecular flexibility index (Phi) is 3.77. The van der Waals surface area contributed by atoms with E-state index in [1.807, 2.05) is 14.1 Å². The standard InChI is InChI=1S/C6H16NO2/c1-7(2,3-5-8)4-6-9/h8-9H,3-6H2,1-2H3/q+1. The van der Waals surface area contributed by atoms with Gasteiger partial charge in [0.1, 0.15) is 13.1 Å². The molecule has 0 saturated heterocycles. The summed E-state index contributed by atoms with van der Waals surface area (Å²) in [7, 11) is 3.96. The summed E-state index contributed by atoms with van der Waals surface area (Å²) < 4.78 is 0.688. The van der Waals surface area contributed by atoms with Crippen molar-refractivity contribution in [1.29, 1.82) is 0 Å². The van der Waals surface area contributed by atoms with Gasteiger partial charge < -0.3 is 14.7 Å². The minimum absolute atomic E-state index is 0.188. The molecular formula is C6H16NO2+. The van der Waals surface area contributed by atoms with Crippen LogP contribution in [0.1, 0.15) is 0 Å². The van der Waals surface area contributed by atoms with E-state index in [0.29, 0.717) is 17.6 Å². The quantitative estimate of drug-likeness (QED) is 0.487. The number of likely N-dealkylation sites (N-methyl/N-ethyl adjacent to an activating group) is 1. The number of aliphatic hydroxyl groups is 2. The van der Waals surface area contributed by atoms with E-state index in [2.05, 4.69) is 0 Å². The Bertz CT molecular complexity index is 65.5. The molecule has 0 atom stereocenters. The van der Waals surface area contributed by atoms with E-state index in [9.17, 15) is 0 Å². The maximum Gasteiger partial charge on any atom is 0.102 e. The molecule has 0 saturated carbocycles. The summed E-state index contributed by atoms with van der Waals surface area (Å²) in [6, 6.07) is 0. The molecule has 0 aromatic heterocycles. The van der Waals surface area contributed by atoms with Crippen LogP contribution in [-0.2, 0) is 0 Å². The number of quaternary nitrogens is 1. The lowest BCUT2D eigenvalue weighted by molar-refractivity contribution is -0.890. The molecule has 0 fully saturated rings. The zero-order valence-electron chi connectivity index (χ0n) is 6.17. The van der Waals surface area contributed by atoms with Crippen molar-refractivity contribution in [2.24, 2.45) is 0 Å². The first-order valence-corrected chi connectivity index (χ1v) is 3.16. The zero-order valence-corrected chi connectivity index (χ0v) is 6.17. The topological polar surface area (TPSA) is 40.5 Å². The zero-order chi connectivity index (χ0) is 7.33. The van der Waals surface area contributed by atoms with Gasteiger partial charge in [-0.3, -0.25) is 0 Å². The van der Waals surface area contributed by atoms with Crippen LogP contribution in [0.25, 0.3) is 0 Å². The van der Waals surface area contributed by atoms with Crippen molar-refractivity contribution in [3.05, 3.63) is 0 Å². The van der Waals surface area contributed by atoms with E-state index in [1.165, 1.54) is 0 Å². The van der Waals surface area contributed by atoms with Crippen LogP contribution in [0.3, 0.4) is 0 Å². The molecule has 0 bridgehead atoms. The second-order valence-electron chi connectivity index (χ2n) is 2.83. The van der Waals surface area contributed by atoms with Crippen LogP contribution >= 0.6 is 0 Å². The molecule has 0 rings (SSSR count).